The van der Waals surface area contributed by atoms with E-state index in [0.717, 1.165) is 44.0 Å². The molecule has 2 saturated heterocycles. The Hall–Kier alpha value is -2.26. The highest BCUT2D eigenvalue weighted by molar-refractivity contribution is 5.64. The number of morpholine rings is 1. The molecule has 0 radical (unpaired) electrons. The van der Waals surface area contributed by atoms with Gasteiger partial charge in [-0.1, -0.05) is 42.5 Å². The zero-order valence-corrected chi connectivity index (χ0v) is 14.6. The first kappa shape index (κ1) is 17.2. The molecule has 134 valence electrons. The zero-order valence-electron chi connectivity index (χ0n) is 14.6. The molecule has 0 unspecified atom stereocenters. The molecule has 0 bridgehead atoms. The molecule has 0 amide bonds. The molecular formula is C21H22FN3O. The maximum atomic E-state index is 14.0. The van der Waals surface area contributed by atoms with Crippen molar-refractivity contribution in [1.82, 2.24) is 10.2 Å². The van der Waals surface area contributed by atoms with Crippen LogP contribution in [-0.4, -0.2) is 49.8 Å². The molecule has 0 aromatic heterocycles. The maximum absolute atomic E-state index is 14.0. The van der Waals surface area contributed by atoms with Crippen molar-refractivity contribution in [2.75, 3.05) is 32.8 Å². The molecule has 2 aliphatic heterocycles. The van der Waals surface area contributed by atoms with E-state index in [2.05, 4.69) is 16.3 Å². The smallest absolute Gasteiger partial charge is 0.131 e. The van der Waals surface area contributed by atoms with Crippen LogP contribution in [0, 0.1) is 17.1 Å². The average Bonchev–Trinajstić information content (AvgIpc) is 2.67. The van der Waals surface area contributed by atoms with Crippen LogP contribution in [0.2, 0.25) is 0 Å². The van der Waals surface area contributed by atoms with E-state index in [-0.39, 0.29) is 23.8 Å². The van der Waals surface area contributed by atoms with E-state index in [1.54, 1.807) is 12.1 Å². The quantitative estimate of drug-likeness (QED) is 0.920. The lowest BCUT2D eigenvalue weighted by molar-refractivity contribution is 0.0251. The van der Waals surface area contributed by atoms with Gasteiger partial charge in [-0.15, -0.1) is 0 Å². The molecule has 2 heterocycles. The monoisotopic (exact) mass is 351 g/mol. The number of hydrogen-bond donors (Lipinski definition) is 1. The number of nitriles is 1. The summed E-state index contributed by atoms with van der Waals surface area (Å²) in [5, 5.41) is 12.8. The number of nitrogens with zero attached hydrogens (tertiary/aromatic N) is 2. The summed E-state index contributed by atoms with van der Waals surface area (Å²) < 4.78 is 19.4. The molecule has 4 rings (SSSR count). The number of ether oxygens (including phenoxy) is 1. The standard InChI is InChI=1S/C21H22FN3O/c22-18-4-2-1-3-17(18)15-5-7-16(8-6-15)21-19(13-23)24-20(21)14-25-9-11-26-12-10-25/h1-8,19-21,24H,9-12,14H2/t19-,20-,21-/m0/s1. The lowest BCUT2D eigenvalue weighted by Crippen LogP contribution is -2.63. The second-order valence-electron chi connectivity index (χ2n) is 6.92. The van der Waals surface area contributed by atoms with Crippen LogP contribution in [0.3, 0.4) is 0 Å². The Morgan fingerprint density at radius 1 is 1.12 bits per heavy atom. The lowest BCUT2D eigenvalue weighted by Gasteiger charge is -2.45. The van der Waals surface area contributed by atoms with Crippen LogP contribution < -0.4 is 5.32 Å². The summed E-state index contributed by atoms with van der Waals surface area (Å²) in [5.41, 5.74) is 2.60. The van der Waals surface area contributed by atoms with E-state index in [0.29, 0.717) is 5.56 Å². The topological polar surface area (TPSA) is 48.3 Å². The number of hydrogen-bond acceptors (Lipinski definition) is 4. The van der Waals surface area contributed by atoms with Gasteiger partial charge in [0.05, 0.1) is 19.3 Å². The molecule has 5 heteroatoms. The van der Waals surface area contributed by atoms with Crippen molar-refractivity contribution in [3.8, 4) is 17.2 Å². The van der Waals surface area contributed by atoms with E-state index in [1.165, 1.54) is 6.07 Å². The minimum absolute atomic E-state index is 0.164. The largest absolute Gasteiger partial charge is 0.379 e. The second-order valence-corrected chi connectivity index (χ2v) is 6.92. The number of rotatable bonds is 4. The van der Waals surface area contributed by atoms with Crippen LogP contribution in [0.1, 0.15) is 11.5 Å². The molecule has 2 aromatic carbocycles. The number of halogens is 1. The Labute approximate surface area is 153 Å². The fraction of sp³-hybridized carbons (Fsp3) is 0.381. The molecule has 1 N–H and O–H groups in total. The van der Waals surface area contributed by atoms with Gasteiger partial charge in [-0.2, -0.15) is 5.26 Å². The molecule has 0 aliphatic carbocycles. The van der Waals surface area contributed by atoms with Crippen LogP contribution in [0.15, 0.2) is 48.5 Å². The van der Waals surface area contributed by atoms with Crippen LogP contribution in [-0.2, 0) is 4.74 Å². The van der Waals surface area contributed by atoms with Gasteiger partial charge in [0.1, 0.15) is 11.9 Å². The second kappa shape index (κ2) is 7.55. The summed E-state index contributed by atoms with van der Waals surface area (Å²) in [4.78, 5) is 2.38. The van der Waals surface area contributed by atoms with E-state index in [1.807, 2.05) is 30.3 Å². The molecule has 26 heavy (non-hydrogen) atoms. The third kappa shape index (κ3) is 3.36. The summed E-state index contributed by atoms with van der Waals surface area (Å²) in [6, 6.07) is 17.2. The first-order valence-electron chi connectivity index (χ1n) is 9.07. The van der Waals surface area contributed by atoms with Gasteiger partial charge >= 0.3 is 0 Å². The Morgan fingerprint density at radius 2 is 1.85 bits per heavy atom. The normalized spacial score (nSPS) is 26.1. The highest BCUT2D eigenvalue weighted by Crippen LogP contribution is 2.34. The van der Waals surface area contributed by atoms with Crippen LogP contribution in [0.25, 0.3) is 11.1 Å². The third-order valence-electron chi connectivity index (χ3n) is 5.36. The van der Waals surface area contributed by atoms with Crippen molar-refractivity contribution in [3.05, 3.63) is 59.9 Å². The lowest BCUT2D eigenvalue weighted by atomic mass is 9.77. The average molecular weight is 351 g/mol. The highest BCUT2D eigenvalue weighted by atomic mass is 19.1. The summed E-state index contributed by atoms with van der Waals surface area (Å²) >= 11 is 0. The molecule has 3 atom stereocenters. The van der Waals surface area contributed by atoms with E-state index < -0.39 is 0 Å². The van der Waals surface area contributed by atoms with Crippen LogP contribution >= 0.6 is 0 Å². The third-order valence-corrected chi connectivity index (χ3v) is 5.36. The Bertz CT molecular complexity index is 796. The summed E-state index contributed by atoms with van der Waals surface area (Å²) in [5.74, 6) is -0.0526. The van der Waals surface area contributed by atoms with Crippen molar-refractivity contribution >= 4 is 0 Å². The van der Waals surface area contributed by atoms with Gasteiger partial charge in [0.2, 0.25) is 0 Å². The number of benzene rings is 2. The van der Waals surface area contributed by atoms with Crippen molar-refractivity contribution in [2.24, 2.45) is 0 Å². The fourth-order valence-corrected chi connectivity index (χ4v) is 3.90. The first-order chi connectivity index (χ1) is 12.8. The fourth-order valence-electron chi connectivity index (χ4n) is 3.90. The minimum atomic E-state index is -0.217. The van der Waals surface area contributed by atoms with Gasteiger partial charge in [-0.3, -0.25) is 10.2 Å². The molecular weight excluding hydrogens is 329 g/mol. The van der Waals surface area contributed by atoms with Crippen molar-refractivity contribution in [1.29, 1.82) is 5.26 Å². The molecule has 0 spiro atoms. The first-order valence-corrected chi connectivity index (χ1v) is 9.07. The van der Waals surface area contributed by atoms with Gasteiger partial charge in [0.25, 0.3) is 0 Å². The minimum Gasteiger partial charge on any atom is -0.379 e. The summed E-state index contributed by atoms with van der Waals surface area (Å²) in [6.07, 6.45) is 0. The van der Waals surface area contributed by atoms with E-state index in [9.17, 15) is 9.65 Å². The molecule has 4 nitrogen and oxygen atoms in total. The van der Waals surface area contributed by atoms with Crippen molar-refractivity contribution in [2.45, 2.75) is 18.0 Å². The van der Waals surface area contributed by atoms with E-state index in [4.69, 9.17) is 4.74 Å². The maximum Gasteiger partial charge on any atom is 0.131 e. The number of nitrogens with one attached hydrogen (secondary N) is 1. The molecule has 2 aromatic rings. The summed E-state index contributed by atoms with van der Waals surface area (Å²) in [7, 11) is 0. The predicted molar refractivity (Wildman–Crippen MR) is 98.2 cm³/mol. The molecule has 0 saturated carbocycles. The van der Waals surface area contributed by atoms with Crippen molar-refractivity contribution in [3.63, 3.8) is 0 Å². The van der Waals surface area contributed by atoms with Crippen LogP contribution in [0.4, 0.5) is 4.39 Å². The molecule has 2 fully saturated rings. The van der Waals surface area contributed by atoms with Crippen molar-refractivity contribution < 1.29 is 9.13 Å². The van der Waals surface area contributed by atoms with Gasteiger partial charge in [0.15, 0.2) is 0 Å². The Balaban J connectivity index is 1.51. The highest BCUT2D eigenvalue weighted by Gasteiger charge is 2.42. The SMILES string of the molecule is N#C[C@@H]1N[C@@H](CN2CCOCC2)[C@H]1c1ccc(-c2ccccc2F)cc1. The Morgan fingerprint density at radius 3 is 2.54 bits per heavy atom. The summed E-state index contributed by atoms with van der Waals surface area (Å²) in [6.45, 7) is 4.34. The van der Waals surface area contributed by atoms with Gasteiger partial charge in [-0.05, 0) is 17.2 Å². The van der Waals surface area contributed by atoms with Gasteiger partial charge in [0, 0.05) is 37.2 Å². The van der Waals surface area contributed by atoms with Crippen LogP contribution in [0.5, 0.6) is 0 Å². The molecule has 2 aliphatic rings. The predicted octanol–water partition coefficient (Wildman–Crippen LogP) is 2.77. The van der Waals surface area contributed by atoms with E-state index >= 15 is 0 Å². The zero-order chi connectivity index (χ0) is 17.9. The Kier molecular flexibility index (Phi) is 4.98. The van der Waals surface area contributed by atoms with Gasteiger partial charge < -0.3 is 4.74 Å². The van der Waals surface area contributed by atoms with Gasteiger partial charge in [-0.25, -0.2) is 4.39 Å².